The monoisotopic (exact) mass is 164 g/mol. The molecule has 0 atom stereocenters. The summed E-state index contributed by atoms with van der Waals surface area (Å²) in [7, 11) is 0. The van der Waals surface area contributed by atoms with E-state index in [1.165, 1.54) is 12.1 Å². The summed E-state index contributed by atoms with van der Waals surface area (Å²) in [6.07, 6.45) is 0. The molecule has 12 heavy (non-hydrogen) atoms. The van der Waals surface area contributed by atoms with Crippen molar-refractivity contribution in [2.75, 3.05) is 0 Å². The van der Waals surface area contributed by atoms with Crippen molar-refractivity contribution in [1.82, 2.24) is 0 Å². The lowest BCUT2D eigenvalue weighted by atomic mass is 10.1. The van der Waals surface area contributed by atoms with E-state index in [1.807, 2.05) is 0 Å². The average Bonchev–Trinajstić information content (AvgIpc) is 2.04. The topological polar surface area (TPSA) is 57.5 Å². The Morgan fingerprint density at radius 3 is 2.33 bits per heavy atom. The number of hydrogen-bond donors (Lipinski definition) is 2. The lowest BCUT2D eigenvalue weighted by Gasteiger charge is -1.98. The maximum Gasteiger partial charge on any atom is 0.335 e. The third-order valence-corrected chi connectivity index (χ3v) is 1.44. The zero-order valence-corrected chi connectivity index (χ0v) is 6.32. The molecule has 3 heteroatoms. The second-order valence-electron chi connectivity index (χ2n) is 2.33. The molecule has 0 spiro atoms. The van der Waals surface area contributed by atoms with Gasteiger partial charge in [-0.05, 0) is 12.1 Å². The summed E-state index contributed by atoms with van der Waals surface area (Å²) in [6, 6.07) is 5.97. The van der Waals surface area contributed by atoms with Crippen molar-refractivity contribution in [2.24, 2.45) is 0 Å². The van der Waals surface area contributed by atoms with Crippen LogP contribution >= 0.6 is 0 Å². The van der Waals surface area contributed by atoms with Crippen LogP contribution in [0.2, 0.25) is 0 Å². The summed E-state index contributed by atoms with van der Waals surface area (Å²) in [6.45, 7) is 3.29. The van der Waals surface area contributed by atoms with Gasteiger partial charge in [0.1, 0.15) is 5.76 Å². The Hall–Kier alpha value is -1.77. The van der Waals surface area contributed by atoms with Gasteiger partial charge in [0.25, 0.3) is 0 Å². The van der Waals surface area contributed by atoms with Crippen molar-refractivity contribution >= 4 is 11.7 Å². The number of hydrogen-bond acceptors (Lipinski definition) is 2. The van der Waals surface area contributed by atoms with Crippen LogP contribution in [0.4, 0.5) is 0 Å². The van der Waals surface area contributed by atoms with Gasteiger partial charge in [-0.15, -0.1) is 0 Å². The number of carboxylic acids is 1. The molecular weight excluding hydrogens is 156 g/mol. The third kappa shape index (κ3) is 1.63. The zero-order chi connectivity index (χ0) is 9.14. The molecule has 0 heterocycles. The summed E-state index contributed by atoms with van der Waals surface area (Å²) in [4.78, 5) is 10.5. The van der Waals surface area contributed by atoms with Gasteiger partial charge in [0.15, 0.2) is 0 Å². The number of carboxylic acid groups (broad SMARTS) is 1. The Morgan fingerprint density at radius 2 is 1.83 bits per heavy atom. The molecule has 0 aromatic heterocycles. The van der Waals surface area contributed by atoms with Crippen LogP contribution in [0.3, 0.4) is 0 Å². The lowest BCUT2D eigenvalue weighted by molar-refractivity contribution is 0.0697. The average molecular weight is 164 g/mol. The summed E-state index contributed by atoms with van der Waals surface area (Å²) in [5.41, 5.74) is 0.567. The number of aliphatic hydroxyl groups excluding tert-OH is 1. The first-order chi connectivity index (χ1) is 5.61. The molecule has 0 saturated carbocycles. The van der Waals surface area contributed by atoms with Gasteiger partial charge >= 0.3 is 5.97 Å². The van der Waals surface area contributed by atoms with Crippen molar-refractivity contribution in [3.63, 3.8) is 0 Å². The van der Waals surface area contributed by atoms with Gasteiger partial charge in [-0.25, -0.2) is 4.79 Å². The molecule has 0 aliphatic carbocycles. The van der Waals surface area contributed by atoms with Gasteiger partial charge in [0.05, 0.1) is 5.56 Å². The molecule has 0 unspecified atom stereocenters. The van der Waals surface area contributed by atoms with E-state index in [0.717, 1.165) is 0 Å². The second kappa shape index (κ2) is 3.09. The molecule has 0 radical (unpaired) electrons. The number of rotatable bonds is 2. The maximum atomic E-state index is 10.5. The fourth-order valence-corrected chi connectivity index (χ4v) is 0.832. The molecule has 1 aromatic carbocycles. The van der Waals surface area contributed by atoms with Gasteiger partial charge in [-0.1, -0.05) is 18.7 Å². The van der Waals surface area contributed by atoms with Crippen LogP contribution in [-0.4, -0.2) is 16.2 Å². The van der Waals surface area contributed by atoms with Crippen molar-refractivity contribution in [2.45, 2.75) is 0 Å². The van der Waals surface area contributed by atoms with Crippen LogP contribution in [0.1, 0.15) is 15.9 Å². The molecule has 62 valence electrons. The highest BCUT2D eigenvalue weighted by Gasteiger charge is 2.03. The number of aliphatic hydroxyl groups is 1. The molecule has 2 N–H and O–H groups in total. The molecule has 1 rings (SSSR count). The molecule has 0 fully saturated rings. The van der Waals surface area contributed by atoms with E-state index < -0.39 is 5.97 Å². The van der Waals surface area contributed by atoms with Crippen molar-refractivity contribution in [3.05, 3.63) is 42.0 Å². The van der Waals surface area contributed by atoms with Crippen molar-refractivity contribution in [3.8, 4) is 0 Å². The van der Waals surface area contributed by atoms with Crippen LogP contribution in [0.15, 0.2) is 30.8 Å². The van der Waals surface area contributed by atoms with Crippen LogP contribution in [0, 0.1) is 0 Å². The van der Waals surface area contributed by atoms with E-state index in [1.54, 1.807) is 12.1 Å². The van der Waals surface area contributed by atoms with Crippen LogP contribution < -0.4 is 0 Å². The molecule has 3 nitrogen and oxygen atoms in total. The van der Waals surface area contributed by atoms with Crippen molar-refractivity contribution < 1.29 is 15.0 Å². The number of aromatic carboxylic acids is 1. The molecule has 0 saturated heterocycles. The summed E-state index contributed by atoms with van der Waals surface area (Å²) < 4.78 is 0. The zero-order valence-electron chi connectivity index (χ0n) is 6.32. The van der Waals surface area contributed by atoms with Gasteiger partial charge in [-0.2, -0.15) is 0 Å². The molecule has 0 bridgehead atoms. The fourth-order valence-electron chi connectivity index (χ4n) is 0.832. The predicted molar refractivity (Wildman–Crippen MR) is 45.1 cm³/mol. The largest absolute Gasteiger partial charge is 0.508 e. The van der Waals surface area contributed by atoms with Gasteiger partial charge in [-0.3, -0.25) is 0 Å². The number of benzene rings is 1. The standard InChI is InChI=1S/C9H8O3/c1-6(10)7-3-2-4-8(5-7)9(11)12/h2-5,10H,1H2,(H,11,12). The minimum Gasteiger partial charge on any atom is -0.508 e. The first-order valence-electron chi connectivity index (χ1n) is 3.33. The van der Waals surface area contributed by atoms with E-state index >= 15 is 0 Å². The molecule has 0 aliphatic heterocycles. The van der Waals surface area contributed by atoms with Gasteiger partial charge < -0.3 is 10.2 Å². The fraction of sp³-hybridized carbons (Fsp3) is 0. The predicted octanol–water partition coefficient (Wildman–Crippen LogP) is 1.91. The molecule has 0 aliphatic rings. The third-order valence-electron chi connectivity index (χ3n) is 1.44. The van der Waals surface area contributed by atoms with Crippen LogP contribution in [-0.2, 0) is 0 Å². The second-order valence-corrected chi connectivity index (χ2v) is 2.33. The molecule has 1 aromatic rings. The summed E-state index contributed by atoms with van der Waals surface area (Å²) >= 11 is 0. The van der Waals surface area contributed by atoms with E-state index in [2.05, 4.69) is 6.58 Å². The lowest BCUT2D eigenvalue weighted by Crippen LogP contribution is -1.96. The van der Waals surface area contributed by atoms with E-state index in [4.69, 9.17) is 10.2 Å². The smallest absolute Gasteiger partial charge is 0.335 e. The maximum absolute atomic E-state index is 10.5. The van der Waals surface area contributed by atoms with E-state index in [0.29, 0.717) is 5.56 Å². The highest BCUT2D eigenvalue weighted by molar-refractivity contribution is 5.88. The minimum absolute atomic E-state index is 0.127. The summed E-state index contributed by atoms with van der Waals surface area (Å²) in [5, 5.41) is 17.5. The Bertz CT molecular complexity index is 299. The normalized spacial score (nSPS) is 9.33. The Morgan fingerprint density at radius 1 is 1.25 bits per heavy atom. The van der Waals surface area contributed by atoms with E-state index in [-0.39, 0.29) is 11.3 Å². The van der Waals surface area contributed by atoms with Gasteiger partial charge in [0, 0.05) is 5.56 Å². The minimum atomic E-state index is -1.02. The first-order valence-corrected chi connectivity index (χ1v) is 3.33. The Balaban J connectivity index is 3.12. The Kier molecular flexibility index (Phi) is 2.14. The quantitative estimate of drug-likeness (QED) is 0.656. The molecular formula is C9H8O3. The SMILES string of the molecule is C=C(O)c1cccc(C(=O)O)c1. The highest BCUT2D eigenvalue weighted by atomic mass is 16.4. The molecule has 0 amide bonds. The highest BCUT2D eigenvalue weighted by Crippen LogP contribution is 2.11. The Labute approximate surface area is 69.6 Å². The summed E-state index contributed by atoms with van der Waals surface area (Å²) in [5.74, 6) is -1.14. The van der Waals surface area contributed by atoms with Crippen molar-refractivity contribution in [1.29, 1.82) is 0 Å². The van der Waals surface area contributed by atoms with Crippen LogP contribution in [0.5, 0.6) is 0 Å². The van der Waals surface area contributed by atoms with E-state index in [9.17, 15) is 4.79 Å². The number of carbonyl (C=O) groups is 1. The van der Waals surface area contributed by atoms with Crippen LogP contribution in [0.25, 0.3) is 5.76 Å². The first kappa shape index (κ1) is 8.33. The van der Waals surface area contributed by atoms with Gasteiger partial charge in [0.2, 0.25) is 0 Å².